The van der Waals surface area contributed by atoms with Crippen LogP contribution in [0.15, 0.2) is 24.3 Å². The number of rotatable bonds is 6. The van der Waals surface area contributed by atoms with Crippen molar-refractivity contribution in [2.75, 3.05) is 26.3 Å². The number of carbonyl (C=O) groups excluding carboxylic acids is 2. The highest BCUT2D eigenvalue weighted by molar-refractivity contribution is 5.86. The number of benzene rings is 1. The highest BCUT2D eigenvalue weighted by Crippen LogP contribution is 2.17. The summed E-state index contributed by atoms with van der Waals surface area (Å²) in [5.41, 5.74) is 5.77. The molecule has 0 aliphatic carbocycles. The van der Waals surface area contributed by atoms with E-state index in [-0.39, 0.29) is 24.1 Å². The van der Waals surface area contributed by atoms with Gasteiger partial charge in [0.25, 0.3) is 0 Å². The van der Waals surface area contributed by atoms with Crippen LogP contribution in [0.3, 0.4) is 0 Å². The van der Waals surface area contributed by atoms with Crippen molar-refractivity contribution in [1.82, 2.24) is 10.6 Å². The first-order valence-electron chi connectivity index (χ1n) is 7.66. The highest BCUT2D eigenvalue weighted by atomic mass is 19.1. The Labute approximate surface area is 134 Å². The molecule has 0 unspecified atom stereocenters. The molecule has 6 nitrogen and oxygen atoms in total. The van der Waals surface area contributed by atoms with Crippen molar-refractivity contribution in [2.24, 2.45) is 5.73 Å². The van der Waals surface area contributed by atoms with Gasteiger partial charge in [0.05, 0.1) is 12.0 Å². The average molecular weight is 323 g/mol. The van der Waals surface area contributed by atoms with E-state index in [0.717, 1.165) is 0 Å². The topological polar surface area (TPSA) is 93.5 Å². The molecular weight excluding hydrogens is 301 g/mol. The van der Waals surface area contributed by atoms with E-state index in [4.69, 9.17) is 10.5 Å². The molecule has 1 heterocycles. The van der Waals surface area contributed by atoms with Crippen LogP contribution in [-0.2, 0) is 20.7 Å². The van der Waals surface area contributed by atoms with E-state index in [1.807, 2.05) is 0 Å². The Hall–Kier alpha value is -1.99. The van der Waals surface area contributed by atoms with Gasteiger partial charge >= 0.3 is 0 Å². The first-order valence-corrected chi connectivity index (χ1v) is 7.66. The second kappa shape index (κ2) is 8.03. The van der Waals surface area contributed by atoms with Gasteiger partial charge in [0.1, 0.15) is 5.82 Å². The smallest absolute Gasteiger partial charge is 0.240 e. The molecule has 0 radical (unpaired) electrons. The Bertz CT molecular complexity index is 559. The van der Waals surface area contributed by atoms with Crippen LogP contribution in [0.2, 0.25) is 0 Å². The first kappa shape index (κ1) is 17.4. The second-order valence-corrected chi connectivity index (χ2v) is 5.68. The summed E-state index contributed by atoms with van der Waals surface area (Å²) in [6.07, 6.45) is 1.08. The summed E-state index contributed by atoms with van der Waals surface area (Å²) in [7, 11) is 0. The van der Waals surface area contributed by atoms with Crippen LogP contribution in [0.5, 0.6) is 0 Å². The molecule has 23 heavy (non-hydrogen) atoms. The molecule has 1 fully saturated rings. The molecule has 1 saturated heterocycles. The Balaban J connectivity index is 1.66. The lowest BCUT2D eigenvalue weighted by Gasteiger charge is -2.31. The van der Waals surface area contributed by atoms with Gasteiger partial charge in [-0.05, 0) is 30.5 Å². The molecule has 1 aliphatic heterocycles. The fourth-order valence-corrected chi connectivity index (χ4v) is 2.41. The number of hydrogen-bond acceptors (Lipinski definition) is 4. The zero-order chi connectivity index (χ0) is 16.7. The van der Waals surface area contributed by atoms with Crippen molar-refractivity contribution < 1.29 is 18.7 Å². The minimum absolute atomic E-state index is 0.101. The fourth-order valence-electron chi connectivity index (χ4n) is 2.41. The van der Waals surface area contributed by atoms with Crippen molar-refractivity contribution in [3.63, 3.8) is 0 Å². The fraction of sp³-hybridized carbons (Fsp3) is 0.500. The third kappa shape index (κ3) is 5.30. The van der Waals surface area contributed by atoms with Crippen LogP contribution in [0.1, 0.15) is 18.4 Å². The van der Waals surface area contributed by atoms with Gasteiger partial charge in [0.15, 0.2) is 0 Å². The molecule has 4 N–H and O–H groups in total. The van der Waals surface area contributed by atoms with Crippen LogP contribution in [0.4, 0.5) is 4.39 Å². The van der Waals surface area contributed by atoms with Crippen LogP contribution in [0, 0.1) is 5.82 Å². The number of ether oxygens (including phenoxy) is 1. The second-order valence-electron chi connectivity index (χ2n) is 5.68. The van der Waals surface area contributed by atoms with Gasteiger partial charge in [-0.25, -0.2) is 4.39 Å². The molecule has 126 valence electrons. The van der Waals surface area contributed by atoms with Crippen molar-refractivity contribution in [3.8, 4) is 0 Å². The number of amides is 2. The summed E-state index contributed by atoms with van der Waals surface area (Å²) in [6, 6.07) is 5.90. The Kier molecular flexibility index (Phi) is 6.06. The highest BCUT2D eigenvalue weighted by Gasteiger charge is 2.35. The molecule has 7 heteroatoms. The number of nitrogens with two attached hydrogens (primary N) is 1. The predicted molar refractivity (Wildman–Crippen MR) is 83.1 cm³/mol. The van der Waals surface area contributed by atoms with Gasteiger partial charge < -0.3 is 21.1 Å². The van der Waals surface area contributed by atoms with Crippen molar-refractivity contribution in [2.45, 2.75) is 24.8 Å². The standard InChI is InChI=1S/C16H22FN3O3/c17-13-3-1-2-12(10-13)11-14(21)19-6-7-20-15(22)16(18)4-8-23-9-5-16/h1-3,10H,4-9,11,18H2,(H,19,21)(H,20,22). The van der Waals surface area contributed by atoms with Gasteiger partial charge in [-0.15, -0.1) is 0 Å². The lowest BCUT2D eigenvalue weighted by atomic mass is 9.90. The normalized spacial score (nSPS) is 16.6. The molecule has 0 saturated carbocycles. The summed E-state index contributed by atoms with van der Waals surface area (Å²) in [4.78, 5) is 23.8. The number of hydrogen-bond donors (Lipinski definition) is 3. The first-order chi connectivity index (χ1) is 11.0. The summed E-state index contributed by atoms with van der Waals surface area (Å²) in [5, 5.41) is 5.41. The van der Waals surface area contributed by atoms with E-state index in [0.29, 0.717) is 44.7 Å². The zero-order valence-electron chi connectivity index (χ0n) is 12.9. The molecule has 2 amide bonds. The molecular formula is C16H22FN3O3. The number of halogens is 1. The molecule has 0 spiro atoms. The average Bonchev–Trinajstić information content (AvgIpc) is 2.52. The number of nitrogens with one attached hydrogen (secondary N) is 2. The van der Waals surface area contributed by atoms with Gasteiger partial charge in [-0.2, -0.15) is 0 Å². The maximum absolute atomic E-state index is 13.0. The van der Waals surface area contributed by atoms with E-state index in [9.17, 15) is 14.0 Å². The van der Waals surface area contributed by atoms with E-state index >= 15 is 0 Å². The largest absolute Gasteiger partial charge is 0.381 e. The van der Waals surface area contributed by atoms with Crippen LogP contribution in [0.25, 0.3) is 0 Å². The Morgan fingerprint density at radius 2 is 1.91 bits per heavy atom. The van der Waals surface area contributed by atoms with Crippen LogP contribution in [-0.4, -0.2) is 43.7 Å². The monoisotopic (exact) mass is 323 g/mol. The van der Waals surface area contributed by atoms with Crippen molar-refractivity contribution in [1.29, 1.82) is 0 Å². The molecule has 2 rings (SSSR count). The Morgan fingerprint density at radius 1 is 1.22 bits per heavy atom. The van der Waals surface area contributed by atoms with Crippen LogP contribution >= 0.6 is 0 Å². The third-order valence-electron chi connectivity index (χ3n) is 3.82. The minimum atomic E-state index is -0.885. The van der Waals surface area contributed by atoms with Gasteiger partial charge in [0.2, 0.25) is 11.8 Å². The van der Waals surface area contributed by atoms with Crippen molar-refractivity contribution >= 4 is 11.8 Å². The van der Waals surface area contributed by atoms with E-state index < -0.39 is 5.54 Å². The van der Waals surface area contributed by atoms with Gasteiger partial charge in [-0.1, -0.05) is 12.1 Å². The summed E-state index contributed by atoms with van der Waals surface area (Å²) >= 11 is 0. The third-order valence-corrected chi connectivity index (χ3v) is 3.82. The Morgan fingerprint density at radius 3 is 2.61 bits per heavy atom. The van der Waals surface area contributed by atoms with E-state index in [1.165, 1.54) is 12.1 Å². The predicted octanol–water partition coefficient (Wildman–Crippen LogP) is 0.109. The maximum atomic E-state index is 13.0. The lowest BCUT2D eigenvalue weighted by Crippen LogP contribution is -2.57. The van der Waals surface area contributed by atoms with Crippen molar-refractivity contribution in [3.05, 3.63) is 35.6 Å². The summed E-state index contributed by atoms with van der Waals surface area (Å²) < 4.78 is 18.2. The molecule has 1 aromatic rings. The summed E-state index contributed by atoms with van der Waals surface area (Å²) in [5.74, 6) is -0.814. The van der Waals surface area contributed by atoms with E-state index in [1.54, 1.807) is 12.1 Å². The molecule has 0 atom stereocenters. The van der Waals surface area contributed by atoms with Crippen LogP contribution < -0.4 is 16.4 Å². The molecule has 0 bridgehead atoms. The maximum Gasteiger partial charge on any atom is 0.240 e. The summed E-state index contributed by atoms with van der Waals surface area (Å²) in [6.45, 7) is 1.56. The van der Waals surface area contributed by atoms with Gasteiger partial charge in [-0.3, -0.25) is 9.59 Å². The molecule has 1 aromatic carbocycles. The zero-order valence-corrected chi connectivity index (χ0v) is 12.9. The minimum Gasteiger partial charge on any atom is -0.381 e. The van der Waals surface area contributed by atoms with Gasteiger partial charge in [0, 0.05) is 26.3 Å². The molecule has 0 aromatic heterocycles. The lowest BCUT2D eigenvalue weighted by molar-refractivity contribution is -0.130. The number of carbonyl (C=O) groups is 2. The quantitative estimate of drug-likeness (QED) is 0.648. The SMILES string of the molecule is NC1(C(=O)NCCNC(=O)Cc2cccc(F)c2)CCOCC1. The molecule has 1 aliphatic rings. The van der Waals surface area contributed by atoms with E-state index in [2.05, 4.69) is 10.6 Å².